The van der Waals surface area contributed by atoms with E-state index in [0.29, 0.717) is 12.5 Å². The maximum absolute atomic E-state index is 12.9. The van der Waals surface area contributed by atoms with Gasteiger partial charge in [-0.05, 0) is 54.1 Å². The Kier molecular flexibility index (Phi) is 8.94. The van der Waals surface area contributed by atoms with Crippen LogP contribution >= 0.6 is 11.8 Å². The van der Waals surface area contributed by atoms with Crippen molar-refractivity contribution in [2.24, 2.45) is 4.99 Å². The van der Waals surface area contributed by atoms with E-state index in [2.05, 4.69) is 15.6 Å². The topological polar surface area (TPSA) is 73.8 Å². The molecule has 9 heteroatoms. The maximum Gasteiger partial charge on any atom is 0.242 e. The van der Waals surface area contributed by atoms with E-state index in [1.807, 2.05) is 0 Å². The van der Waals surface area contributed by atoms with Gasteiger partial charge >= 0.3 is 0 Å². The van der Waals surface area contributed by atoms with Crippen LogP contribution in [0.15, 0.2) is 63.3 Å². The van der Waals surface area contributed by atoms with Crippen LogP contribution in [0.2, 0.25) is 0 Å². The minimum Gasteiger partial charge on any atom is -0.356 e. The number of hydrogen-bond donors (Lipinski definition) is 2. The summed E-state index contributed by atoms with van der Waals surface area (Å²) in [5.41, 5.74) is 0.956. The first-order valence-electron chi connectivity index (χ1n) is 9.17. The van der Waals surface area contributed by atoms with Crippen molar-refractivity contribution in [3.63, 3.8) is 0 Å². The van der Waals surface area contributed by atoms with E-state index < -0.39 is 10.0 Å². The summed E-state index contributed by atoms with van der Waals surface area (Å²) in [6.45, 7) is 1.29. The first-order valence-corrected chi connectivity index (χ1v) is 11.6. The third-order valence-corrected chi connectivity index (χ3v) is 7.01. The van der Waals surface area contributed by atoms with Crippen LogP contribution in [0.5, 0.6) is 0 Å². The normalized spacial score (nSPS) is 12.2. The highest BCUT2D eigenvalue weighted by Crippen LogP contribution is 2.18. The molecule has 0 amide bonds. The molecule has 0 unspecified atom stereocenters. The third kappa shape index (κ3) is 7.34. The molecule has 2 rings (SSSR count). The fraction of sp³-hybridized carbons (Fsp3) is 0.350. The van der Waals surface area contributed by atoms with Crippen molar-refractivity contribution in [2.75, 3.05) is 33.4 Å². The third-order valence-electron chi connectivity index (χ3n) is 4.08. The Hall–Kier alpha value is -2.10. The molecule has 2 N–H and O–H groups in total. The van der Waals surface area contributed by atoms with E-state index in [0.717, 1.165) is 29.2 Å². The van der Waals surface area contributed by atoms with Gasteiger partial charge in [0.1, 0.15) is 5.82 Å². The van der Waals surface area contributed by atoms with Crippen molar-refractivity contribution in [3.8, 4) is 0 Å². The van der Waals surface area contributed by atoms with Gasteiger partial charge in [0, 0.05) is 39.1 Å². The van der Waals surface area contributed by atoms with Gasteiger partial charge in [-0.3, -0.25) is 4.99 Å². The standard InChI is InChI=1S/C20H27FN4O2S2/c1-22-20(23-13-4-14-28-18-9-7-17(21)8-10-18)24-15-16-5-11-19(12-6-16)29(26,27)25(2)3/h5-12H,4,13-15H2,1-3H3,(H2,22,23,24). The summed E-state index contributed by atoms with van der Waals surface area (Å²) in [6.07, 6.45) is 0.930. The number of nitrogens with one attached hydrogen (secondary N) is 2. The molecule has 2 aromatic carbocycles. The fourth-order valence-corrected chi connectivity index (χ4v) is 4.15. The molecule has 0 radical (unpaired) electrons. The highest BCUT2D eigenvalue weighted by atomic mass is 32.2. The van der Waals surface area contributed by atoms with Crippen LogP contribution in [0.3, 0.4) is 0 Å². The minimum atomic E-state index is -3.41. The highest BCUT2D eigenvalue weighted by molar-refractivity contribution is 7.99. The molecule has 0 saturated heterocycles. The van der Waals surface area contributed by atoms with E-state index in [1.165, 1.54) is 30.5 Å². The fourth-order valence-electron chi connectivity index (χ4n) is 2.40. The Morgan fingerprint density at radius 2 is 1.72 bits per heavy atom. The molecule has 0 saturated carbocycles. The van der Waals surface area contributed by atoms with Crippen LogP contribution in [0.25, 0.3) is 0 Å². The number of halogens is 1. The van der Waals surface area contributed by atoms with Gasteiger partial charge < -0.3 is 10.6 Å². The van der Waals surface area contributed by atoms with Crippen LogP contribution in [-0.4, -0.2) is 52.1 Å². The maximum atomic E-state index is 12.9. The Morgan fingerprint density at radius 1 is 1.07 bits per heavy atom. The molecule has 0 aliphatic heterocycles. The van der Waals surface area contributed by atoms with Gasteiger partial charge in [0.2, 0.25) is 10.0 Å². The Balaban J connectivity index is 1.72. The average molecular weight is 439 g/mol. The number of rotatable bonds is 9. The molecule has 0 aromatic heterocycles. The number of aliphatic imine (C=N–C) groups is 1. The van der Waals surface area contributed by atoms with Crippen molar-refractivity contribution in [1.29, 1.82) is 0 Å². The Morgan fingerprint density at radius 3 is 2.31 bits per heavy atom. The number of benzene rings is 2. The summed E-state index contributed by atoms with van der Waals surface area (Å²) in [5, 5.41) is 6.46. The van der Waals surface area contributed by atoms with E-state index in [9.17, 15) is 12.8 Å². The van der Waals surface area contributed by atoms with Gasteiger partial charge in [-0.1, -0.05) is 12.1 Å². The van der Waals surface area contributed by atoms with Crippen molar-refractivity contribution in [2.45, 2.75) is 22.8 Å². The van der Waals surface area contributed by atoms with E-state index in [4.69, 9.17) is 0 Å². The summed E-state index contributed by atoms with van der Waals surface area (Å²) in [5.74, 6) is 1.37. The van der Waals surface area contributed by atoms with Crippen LogP contribution in [-0.2, 0) is 16.6 Å². The molecule has 29 heavy (non-hydrogen) atoms. The van der Waals surface area contributed by atoms with Crippen LogP contribution in [0.4, 0.5) is 4.39 Å². The number of nitrogens with zero attached hydrogens (tertiary/aromatic N) is 2. The lowest BCUT2D eigenvalue weighted by molar-refractivity contribution is 0.520. The van der Waals surface area contributed by atoms with Crippen molar-refractivity contribution < 1.29 is 12.8 Å². The molecule has 0 aliphatic carbocycles. The van der Waals surface area contributed by atoms with Gasteiger partial charge in [-0.25, -0.2) is 17.1 Å². The zero-order valence-corrected chi connectivity index (χ0v) is 18.5. The van der Waals surface area contributed by atoms with Gasteiger partial charge in [0.25, 0.3) is 0 Å². The summed E-state index contributed by atoms with van der Waals surface area (Å²) in [6, 6.07) is 13.3. The van der Waals surface area contributed by atoms with Gasteiger partial charge in [-0.15, -0.1) is 11.8 Å². The Bertz CT molecular complexity index is 899. The van der Waals surface area contributed by atoms with Crippen LogP contribution in [0.1, 0.15) is 12.0 Å². The second-order valence-corrected chi connectivity index (χ2v) is 9.76. The average Bonchev–Trinajstić information content (AvgIpc) is 2.71. The molecule has 0 spiro atoms. The molecule has 0 atom stereocenters. The van der Waals surface area contributed by atoms with Gasteiger partial charge in [0.05, 0.1) is 4.90 Å². The molecule has 158 valence electrons. The van der Waals surface area contributed by atoms with Gasteiger partial charge in [0.15, 0.2) is 5.96 Å². The van der Waals surface area contributed by atoms with Gasteiger partial charge in [-0.2, -0.15) is 0 Å². The molecular formula is C20H27FN4O2S2. The summed E-state index contributed by atoms with van der Waals surface area (Å²) >= 11 is 1.68. The Labute approximate surface area is 176 Å². The zero-order chi connectivity index (χ0) is 21.3. The van der Waals surface area contributed by atoms with Crippen molar-refractivity contribution >= 4 is 27.7 Å². The summed E-state index contributed by atoms with van der Waals surface area (Å²) < 4.78 is 38.3. The van der Waals surface area contributed by atoms with E-state index in [1.54, 1.807) is 55.2 Å². The quantitative estimate of drug-likeness (QED) is 0.273. The monoisotopic (exact) mass is 438 g/mol. The summed E-state index contributed by atoms with van der Waals surface area (Å²) in [7, 11) is 1.32. The zero-order valence-electron chi connectivity index (χ0n) is 16.9. The lowest BCUT2D eigenvalue weighted by Gasteiger charge is -2.13. The van der Waals surface area contributed by atoms with Crippen LogP contribution < -0.4 is 10.6 Å². The highest BCUT2D eigenvalue weighted by Gasteiger charge is 2.16. The van der Waals surface area contributed by atoms with E-state index >= 15 is 0 Å². The predicted octanol–water partition coefficient (Wildman–Crippen LogP) is 2.92. The van der Waals surface area contributed by atoms with Crippen molar-refractivity contribution in [1.82, 2.24) is 14.9 Å². The molecular weight excluding hydrogens is 411 g/mol. The smallest absolute Gasteiger partial charge is 0.242 e. The minimum absolute atomic E-state index is 0.222. The predicted molar refractivity (Wildman–Crippen MR) is 117 cm³/mol. The van der Waals surface area contributed by atoms with E-state index in [-0.39, 0.29) is 10.7 Å². The molecule has 0 aliphatic rings. The lowest BCUT2D eigenvalue weighted by atomic mass is 10.2. The van der Waals surface area contributed by atoms with Crippen LogP contribution in [0, 0.1) is 5.82 Å². The first kappa shape index (κ1) is 23.2. The molecule has 2 aromatic rings. The number of sulfonamides is 1. The van der Waals surface area contributed by atoms with Crippen molar-refractivity contribution in [3.05, 3.63) is 59.9 Å². The molecule has 6 nitrogen and oxygen atoms in total. The SMILES string of the molecule is CN=C(NCCCSc1ccc(F)cc1)NCc1ccc(S(=O)(=O)N(C)C)cc1. The molecule has 0 bridgehead atoms. The summed E-state index contributed by atoms with van der Waals surface area (Å²) in [4.78, 5) is 5.51. The number of thioether (sulfide) groups is 1. The number of hydrogen-bond acceptors (Lipinski definition) is 4. The second-order valence-electron chi connectivity index (χ2n) is 6.44. The molecule has 0 heterocycles. The first-order chi connectivity index (χ1) is 13.8. The molecule has 0 fully saturated rings. The lowest BCUT2D eigenvalue weighted by Crippen LogP contribution is -2.37. The second kappa shape index (κ2) is 11.2. The largest absolute Gasteiger partial charge is 0.356 e. The number of guanidine groups is 1.